The van der Waals surface area contributed by atoms with Crippen LogP contribution < -0.4 is 10.2 Å². The fourth-order valence-electron chi connectivity index (χ4n) is 6.11. The van der Waals surface area contributed by atoms with Crippen LogP contribution in [0.5, 0.6) is 0 Å². The van der Waals surface area contributed by atoms with Crippen LogP contribution in [0.2, 0.25) is 0 Å². The molecule has 0 bridgehead atoms. The van der Waals surface area contributed by atoms with Crippen molar-refractivity contribution in [2.45, 2.75) is 64.5 Å². The first kappa shape index (κ1) is 22.2. The number of anilines is 1. The van der Waals surface area contributed by atoms with Crippen molar-refractivity contribution in [1.82, 2.24) is 15.1 Å². The predicted molar refractivity (Wildman–Crippen MR) is 141 cm³/mol. The predicted octanol–water partition coefficient (Wildman–Crippen LogP) is 5.54. The van der Waals surface area contributed by atoms with E-state index in [1.54, 1.807) is 0 Å². The number of nitrogens with zero attached hydrogens (tertiary/aromatic N) is 3. The molecule has 0 spiro atoms. The summed E-state index contributed by atoms with van der Waals surface area (Å²) in [6.07, 6.45) is 9.06. The second-order valence-electron chi connectivity index (χ2n) is 10.6. The van der Waals surface area contributed by atoms with Crippen molar-refractivity contribution in [3.63, 3.8) is 0 Å². The lowest BCUT2D eigenvalue weighted by atomic mass is 9.95. The molecule has 1 saturated heterocycles. The molecule has 3 fully saturated rings. The minimum atomic E-state index is -0.00481. The third kappa shape index (κ3) is 4.20. The summed E-state index contributed by atoms with van der Waals surface area (Å²) >= 11 is 0. The summed E-state index contributed by atoms with van der Waals surface area (Å²) in [5.41, 5.74) is 4.97. The Bertz CT molecular complexity index is 1300. The lowest BCUT2D eigenvalue weighted by molar-refractivity contribution is 0.0929. The molecule has 5 nitrogen and oxygen atoms in total. The number of rotatable bonds is 5. The fraction of sp³-hybridized carbons (Fsp3) is 0.467. The molecule has 3 atom stereocenters. The Morgan fingerprint density at radius 3 is 2.51 bits per heavy atom. The smallest absolute Gasteiger partial charge is 0.253 e. The topological polar surface area (TPSA) is 50.2 Å². The number of fused-ring (bicyclic) bond motifs is 2. The molecule has 0 radical (unpaired) electrons. The Morgan fingerprint density at radius 1 is 1.06 bits per heavy atom. The molecule has 1 aromatic heterocycles. The number of amides is 1. The van der Waals surface area contributed by atoms with Crippen LogP contribution in [0.15, 0.2) is 42.6 Å². The molecule has 3 aromatic rings. The molecule has 1 aliphatic heterocycles. The summed E-state index contributed by atoms with van der Waals surface area (Å²) < 4.78 is 2.01. The van der Waals surface area contributed by atoms with Gasteiger partial charge in [0.05, 0.1) is 23.3 Å². The zero-order valence-electron chi connectivity index (χ0n) is 20.8. The molecule has 1 N–H and O–H groups in total. The van der Waals surface area contributed by atoms with Gasteiger partial charge < -0.3 is 10.2 Å². The van der Waals surface area contributed by atoms with E-state index in [0.29, 0.717) is 5.56 Å². The summed E-state index contributed by atoms with van der Waals surface area (Å²) in [5.74, 6) is 8.04. The van der Waals surface area contributed by atoms with Crippen LogP contribution in [-0.2, 0) is 0 Å². The van der Waals surface area contributed by atoms with Gasteiger partial charge in [-0.1, -0.05) is 37.3 Å². The minimum absolute atomic E-state index is 0.000373. The first-order chi connectivity index (χ1) is 17.1. The van der Waals surface area contributed by atoms with E-state index in [-0.39, 0.29) is 18.0 Å². The van der Waals surface area contributed by atoms with Gasteiger partial charge in [0.25, 0.3) is 5.91 Å². The Hall–Kier alpha value is -3.26. The Morgan fingerprint density at radius 2 is 1.80 bits per heavy atom. The number of carbonyl (C=O) groups is 1. The van der Waals surface area contributed by atoms with Crippen molar-refractivity contribution in [3.8, 4) is 11.8 Å². The van der Waals surface area contributed by atoms with E-state index in [9.17, 15) is 4.79 Å². The van der Waals surface area contributed by atoms with Crippen molar-refractivity contribution in [3.05, 3.63) is 59.3 Å². The van der Waals surface area contributed by atoms with E-state index in [2.05, 4.69) is 53.2 Å². The molecule has 35 heavy (non-hydrogen) atoms. The van der Waals surface area contributed by atoms with Gasteiger partial charge in [-0.25, -0.2) is 0 Å². The van der Waals surface area contributed by atoms with E-state index in [0.717, 1.165) is 41.1 Å². The van der Waals surface area contributed by atoms with Gasteiger partial charge >= 0.3 is 0 Å². The molecule has 2 aliphatic carbocycles. The van der Waals surface area contributed by atoms with E-state index >= 15 is 0 Å². The van der Waals surface area contributed by atoms with Crippen molar-refractivity contribution < 1.29 is 4.79 Å². The number of piperidine rings is 1. The molecule has 3 aliphatic rings. The van der Waals surface area contributed by atoms with Crippen molar-refractivity contribution >= 4 is 22.5 Å². The van der Waals surface area contributed by atoms with Gasteiger partial charge in [0.2, 0.25) is 0 Å². The number of nitrogens with one attached hydrogen (secondary N) is 1. The van der Waals surface area contributed by atoms with Crippen LogP contribution in [0.4, 0.5) is 5.69 Å². The molecule has 2 saturated carbocycles. The van der Waals surface area contributed by atoms with Crippen LogP contribution in [0, 0.1) is 23.7 Å². The highest BCUT2D eigenvalue weighted by molar-refractivity contribution is 6.07. The molecular formula is C30H34N4O. The lowest BCUT2D eigenvalue weighted by Crippen LogP contribution is -2.36. The number of carbonyl (C=O) groups excluding carboxylic acids is 1. The Labute approximate surface area is 207 Å². The lowest BCUT2D eigenvalue weighted by Gasteiger charge is -2.23. The summed E-state index contributed by atoms with van der Waals surface area (Å²) in [5, 5.41) is 9.02. The van der Waals surface area contributed by atoms with Crippen LogP contribution in [0.25, 0.3) is 10.9 Å². The van der Waals surface area contributed by atoms with Crippen molar-refractivity contribution in [1.29, 1.82) is 0 Å². The van der Waals surface area contributed by atoms with Gasteiger partial charge in [0, 0.05) is 35.8 Å². The van der Waals surface area contributed by atoms with E-state index < -0.39 is 0 Å². The highest BCUT2D eigenvalue weighted by atomic mass is 16.1. The third-order valence-electron chi connectivity index (χ3n) is 8.29. The summed E-state index contributed by atoms with van der Waals surface area (Å²) in [6.45, 7) is 6.40. The second-order valence-corrected chi connectivity index (χ2v) is 10.6. The summed E-state index contributed by atoms with van der Waals surface area (Å²) in [4.78, 5) is 15.9. The maximum atomic E-state index is 13.4. The molecule has 5 heteroatoms. The average Bonchev–Trinajstić information content (AvgIpc) is 3.27. The molecule has 2 unspecified atom stereocenters. The Kier molecular flexibility index (Phi) is 5.76. The zero-order chi connectivity index (χ0) is 23.9. The summed E-state index contributed by atoms with van der Waals surface area (Å²) in [6, 6.07) is 13.1. The number of aromatic nitrogens is 2. The first-order valence-electron chi connectivity index (χ1n) is 13.2. The average molecular weight is 467 g/mol. The molecule has 2 aromatic carbocycles. The Balaban J connectivity index is 1.32. The molecule has 180 valence electrons. The number of hydrogen-bond donors (Lipinski definition) is 1. The SMILES string of the molecule is CC#Cc1ccc(C(=O)NC2CCCCC2)c2c1cnn2[C@H](C)c1ccc(N2CC3CC3C2)cc1. The van der Waals surface area contributed by atoms with Crippen molar-refractivity contribution in [2.75, 3.05) is 18.0 Å². The maximum absolute atomic E-state index is 13.4. The third-order valence-corrected chi connectivity index (χ3v) is 8.29. The molecule has 1 amide bonds. The zero-order valence-corrected chi connectivity index (χ0v) is 20.8. The molecule has 2 heterocycles. The second kappa shape index (κ2) is 9.07. The quantitative estimate of drug-likeness (QED) is 0.503. The molecular weight excluding hydrogens is 432 g/mol. The van der Waals surface area contributed by atoms with Crippen LogP contribution in [-0.4, -0.2) is 34.8 Å². The minimum Gasteiger partial charge on any atom is -0.371 e. The highest BCUT2D eigenvalue weighted by Crippen LogP contribution is 2.46. The van der Waals surface area contributed by atoms with Gasteiger partial charge in [0.1, 0.15) is 0 Å². The number of benzene rings is 2. The maximum Gasteiger partial charge on any atom is 0.253 e. The van der Waals surface area contributed by atoms with Gasteiger partial charge in [-0.15, -0.1) is 5.92 Å². The van der Waals surface area contributed by atoms with Crippen LogP contribution in [0.3, 0.4) is 0 Å². The fourth-order valence-corrected chi connectivity index (χ4v) is 6.11. The largest absolute Gasteiger partial charge is 0.371 e. The van der Waals surface area contributed by atoms with Gasteiger partial charge in [-0.3, -0.25) is 9.48 Å². The van der Waals surface area contributed by atoms with Crippen LogP contribution in [0.1, 0.15) is 79.9 Å². The van der Waals surface area contributed by atoms with E-state index in [1.165, 1.54) is 50.0 Å². The van der Waals surface area contributed by atoms with Gasteiger partial charge in [-0.05, 0) is 74.8 Å². The van der Waals surface area contributed by atoms with E-state index in [4.69, 9.17) is 5.10 Å². The monoisotopic (exact) mass is 466 g/mol. The van der Waals surface area contributed by atoms with Crippen molar-refractivity contribution in [2.24, 2.45) is 11.8 Å². The standard InChI is InChI=1S/C30H34N4O/c1-3-7-22-12-15-27(30(35)32-25-8-5-4-6-9-25)29-28(22)17-31-34(29)20(2)21-10-13-26(14-11-21)33-18-23-16-24(23)19-33/h10-15,17,20,23-25H,4-6,8-9,16,18-19H2,1-2H3,(H,32,35)/t20-,23?,24?/m1/s1. The van der Waals surface area contributed by atoms with Crippen LogP contribution >= 0.6 is 0 Å². The first-order valence-corrected chi connectivity index (χ1v) is 13.2. The van der Waals surface area contributed by atoms with E-state index in [1.807, 2.05) is 29.9 Å². The van der Waals surface area contributed by atoms with Gasteiger partial charge in [0.15, 0.2) is 0 Å². The number of hydrogen-bond acceptors (Lipinski definition) is 3. The van der Waals surface area contributed by atoms with Gasteiger partial charge in [-0.2, -0.15) is 5.10 Å². The summed E-state index contributed by atoms with van der Waals surface area (Å²) in [7, 11) is 0. The highest BCUT2D eigenvalue weighted by Gasteiger charge is 2.45. The normalized spacial score (nSPS) is 22.4. The molecule has 6 rings (SSSR count).